The molecule has 5 heteroatoms. The first kappa shape index (κ1) is 15.6. The number of carbonyl (C=O) groups is 1. The molecular weight excluding hydrogens is 288 g/mol. The molecule has 1 aromatic heterocycles. The average molecular weight is 310 g/mol. The molecule has 0 unspecified atom stereocenters. The Bertz CT molecular complexity index is 740. The predicted octanol–water partition coefficient (Wildman–Crippen LogP) is 2.44. The third-order valence-electron chi connectivity index (χ3n) is 4.08. The molecule has 0 atom stereocenters. The molecule has 0 aliphatic carbocycles. The number of hydrogen-bond donors (Lipinski definition) is 2. The number of amides is 1. The van der Waals surface area contributed by atoms with Crippen LogP contribution in [0.5, 0.6) is 0 Å². The molecule has 0 spiro atoms. The normalized spacial score (nSPS) is 13.2. The van der Waals surface area contributed by atoms with Gasteiger partial charge in [-0.05, 0) is 29.5 Å². The summed E-state index contributed by atoms with van der Waals surface area (Å²) in [6.45, 7) is 8.25. The van der Waals surface area contributed by atoms with E-state index in [1.165, 1.54) is 11.1 Å². The number of nitrogens with zero attached hydrogens (tertiary/aromatic N) is 2. The van der Waals surface area contributed by atoms with E-state index in [9.17, 15) is 4.79 Å². The van der Waals surface area contributed by atoms with Crippen LogP contribution in [-0.2, 0) is 19.6 Å². The molecule has 5 nitrogen and oxygen atoms in total. The molecule has 1 amide bonds. The van der Waals surface area contributed by atoms with Crippen LogP contribution >= 0.6 is 0 Å². The Morgan fingerprint density at radius 3 is 2.87 bits per heavy atom. The number of aromatic nitrogens is 2. The monoisotopic (exact) mass is 310 g/mol. The van der Waals surface area contributed by atoms with Crippen molar-refractivity contribution in [1.29, 1.82) is 0 Å². The van der Waals surface area contributed by atoms with Crippen molar-refractivity contribution in [3.8, 4) is 0 Å². The Kier molecular flexibility index (Phi) is 4.39. The second-order valence-corrected chi connectivity index (χ2v) is 6.26. The molecule has 1 aromatic carbocycles. The Hall–Kier alpha value is -2.27. The smallest absolute Gasteiger partial charge is 0.254 e. The van der Waals surface area contributed by atoms with Gasteiger partial charge >= 0.3 is 0 Å². The zero-order valence-corrected chi connectivity index (χ0v) is 13.8. The van der Waals surface area contributed by atoms with Crippen molar-refractivity contribution in [3.63, 3.8) is 0 Å². The quantitative estimate of drug-likeness (QED) is 0.910. The highest BCUT2D eigenvalue weighted by Crippen LogP contribution is 2.18. The van der Waals surface area contributed by atoms with Crippen LogP contribution in [0, 0.1) is 6.92 Å². The van der Waals surface area contributed by atoms with Crippen LogP contribution in [0.4, 0.5) is 0 Å². The van der Waals surface area contributed by atoms with Crippen LogP contribution in [0.1, 0.15) is 58.3 Å². The molecule has 1 aliphatic rings. The molecule has 0 saturated carbocycles. The third kappa shape index (κ3) is 3.40. The lowest BCUT2D eigenvalue weighted by molar-refractivity contribution is 0.0948. The SMILES string of the molecule is Cc1ncc(C(=O)NCc2ccc3c(c2)CNC3)c(C(C)C)n1. The van der Waals surface area contributed by atoms with Crippen molar-refractivity contribution >= 4 is 5.91 Å². The van der Waals surface area contributed by atoms with E-state index in [4.69, 9.17) is 0 Å². The number of nitrogens with one attached hydrogen (secondary N) is 2. The second kappa shape index (κ2) is 6.46. The molecule has 2 heterocycles. The molecule has 0 radical (unpaired) electrons. The number of aryl methyl sites for hydroxylation is 1. The van der Waals surface area contributed by atoms with Gasteiger partial charge in [0.05, 0.1) is 11.3 Å². The summed E-state index contributed by atoms with van der Waals surface area (Å²) in [6, 6.07) is 6.36. The Labute approximate surface area is 136 Å². The van der Waals surface area contributed by atoms with Crippen molar-refractivity contribution in [2.45, 2.75) is 46.3 Å². The van der Waals surface area contributed by atoms with Gasteiger partial charge in [-0.1, -0.05) is 32.0 Å². The van der Waals surface area contributed by atoms with Crippen LogP contribution < -0.4 is 10.6 Å². The fraction of sp³-hybridized carbons (Fsp3) is 0.389. The Morgan fingerprint density at radius 1 is 1.30 bits per heavy atom. The Balaban J connectivity index is 1.72. The summed E-state index contributed by atoms with van der Waals surface area (Å²) in [5.74, 6) is 0.757. The summed E-state index contributed by atoms with van der Waals surface area (Å²) in [5.41, 5.74) is 5.13. The van der Waals surface area contributed by atoms with E-state index in [1.54, 1.807) is 6.20 Å². The lowest BCUT2D eigenvalue weighted by Gasteiger charge is -2.12. The van der Waals surface area contributed by atoms with E-state index < -0.39 is 0 Å². The standard InChI is InChI=1S/C18H22N4O/c1-11(2)17-16(10-20-12(3)22-17)18(23)21-7-13-4-5-14-8-19-9-15(14)6-13/h4-6,10-11,19H,7-9H2,1-3H3,(H,21,23). The molecule has 120 valence electrons. The van der Waals surface area contributed by atoms with E-state index in [0.29, 0.717) is 17.9 Å². The predicted molar refractivity (Wildman–Crippen MR) is 89.0 cm³/mol. The van der Waals surface area contributed by atoms with Gasteiger partial charge in [0, 0.05) is 25.8 Å². The van der Waals surface area contributed by atoms with E-state index in [2.05, 4.69) is 38.8 Å². The maximum absolute atomic E-state index is 12.5. The molecule has 0 fully saturated rings. The number of hydrogen-bond acceptors (Lipinski definition) is 4. The highest BCUT2D eigenvalue weighted by molar-refractivity contribution is 5.95. The van der Waals surface area contributed by atoms with Gasteiger partial charge in [-0.3, -0.25) is 4.79 Å². The van der Waals surface area contributed by atoms with Gasteiger partial charge in [0.1, 0.15) is 5.82 Å². The summed E-state index contributed by atoms with van der Waals surface area (Å²) in [5, 5.41) is 6.31. The van der Waals surface area contributed by atoms with Crippen LogP contribution in [-0.4, -0.2) is 15.9 Å². The molecule has 0 saturated heterocycles. The van der Waals surface area contributed by atoms with E-state index in [-0.39, 0.29) is 11.8 Å². The highest BCUT2D eigenvalue weighted by atomic mass is 16.1. The van der Waals surface area contributed by atoms with Crippen molar-refractivity contribution < 1.29 is 4.79 Å². The van der Waals surface area contributed by atoms with E-state index >= 15 is 0 Å². The lowest BCUT2D eigenvalue weighted by atomic mass is 10.0. The fourth-order valence-electron chi connectivity index (χ4n) is 2.84. The van der Waals surface area contributed by atoms with Crippen molar-refractivity contribution in [3.05, 3.63) is 58.2 Å². The maximum atomic E-state index is 12.5. The summed E-state index contributed by atoms with van der Waals surface area (Å²) >= 11 is 0. The average Bonchev–Trinajstić information content (AvgIpc) is 3.00. The van der Waals surface area contributed by atoms with Gasteiger partial charge in [-0.2, -0.15) is 0 Å². The molecule has 2 N–H and O–H groups in total. The first-order chi connectivity index (χ1) is 11.0. The number of rotatable bonds is 4. The van der Waals surface area contributed by atoms with Gasteiger partial charge in [-0.25, -0.2) is 9.97 Å². The molecule has 0 bridgehead atoms. The molecule has 1 aliphatic heterocycles. The van der Waals surface area contributed by atoms with Crippen molar-refractivity contribution in [2.75, 3.05) is 0 Å². The lowest BCUT2D eigenvalue weighted by Crippen LogP contribution is -2.25. The minimum Gasteiger partial charge on any atom is -0.348 e. The summed E-state index contributed by atoms with van der Waals surface area (Å²) in [6.07, 6.45) is 1.62. The van der Waals surface area contributed by atoms with Gasteiger partial charge in [-0.15, -0.1) is 0 Å². The fourth-order valence-corrected chi connectivity index (χ4v) is 2.84. The summed E-state index contributed by atoms with van der Waals surface area (Å²) in [7, 11) is 0. The van der Waals surface area contributed by atoms with Crippen molar-refractivity contribution in [1.82, 2.24) is 20.6 Å². The van der Waals surface area contributed by atoms with Crippen LogP contribution in [0.2, 0.25) is 0 Å². The minimum absolute atomic E-state index is 0.118. The third-order valence-corrected chi connectivity index (χ3v) is 4.08. The van der Waals surface area contributed by atoms with Crippen LogP contribution in [0.3, 0.4) is 0 Å². The van der Waals surface area contributed by atoms with E-state index in [0.717, 1.165) is 24.3 Å². The molecule has 3 rings (SSSR count). The first-order valence-corrected chi connectivity index (χ1v) is 7.97. The van der Waals surface area contributed by atoms with Crippen LogP contribution in [0.15, 0.2) is 24.4 Å². The van der Waals surface area contributed by atoms with Gasteiger partial charge in [0.2, 0.25) is 0 Å². The number of carbonyl (C=O) groups excluding carboxylic acids is 1. The largest absolute Gasteiger partial charge is 0.348 e. The van der Waals surface area contributed by atoms with Crippen molar-refractivity contribution in [2.24, 2.45) is 0 Å². The number of benzene rings is 1. The topological polar surface area (TPSA) is 66.9 Å². The number of fused-ring (bicyclic) bond motifs is 1. The molecule has 23 heavy (non-hydrogen) atoms. The first-order valence-electron chi connectivity index (χ1n) is 7.97. The summed E-state index contributed by atoms with van der Waals surface area (Å²) < 4.78 is 0. The molecular formula is C18H22N4O. The summed E-state index contributed by atoms with van der Waals surface area (Å²) in [4.78, 5) is 21.1. The van der Waals surface area contributed by atoms with Gasteiger partial charge < -0.3 is 10.6 Å². The van der Waals surface area contributed by atoms with E-state index in [1.807, 2.05) is 20.8 Å². The zero-order chi connectivity index (χ0) is 16.4. The highest BCUT2D eigenvalue weighted by Gasteiger charge is 2.16. The zero-order valence-electron chi connectivity index (χ0n) is 13.8. The second-order valence-electron chi connectivity index (χ2n) is 6.26. The van der Waals surface area contributed by atoms with Gasteiger partial charge in [0.15, 0.2) is 0 Å². The van der Waals surface area contributed by atoms with Crippen LogP contribution in [0.25, 0.3) is 0 Å². The molecule has 2 aromatic rings. The Morgan fingerprint density at radius 2 is 2.09 bits per heavy atom. The minimum atomic E-state index is -0.118. The maximum Gasteiger partial charge on any atom is 0.254 e. The van der Waals surface area contributed by atoms with Gasteiger partial charge in [0.25, 0.3) is 5.91 Å².